The summed E-state index contributed by atoms with van der Waals surface area (Å²) < 4.78 is 81.7. The molecule has 2 unspecified atom stereocenters. The molecule has 7 nitrogen and oxygen atoms in total. The predicted molar refractivity (Wildman–Crippen MR) is 138 cm³/mol. The smallest absolute Gasteiger partial charge is 0.186 e. The topological polar surface area (TPSA) is 112 Å². The molecule has 3 aromatic carbocycles. The van der Waals surface area contributed by atoms with Gasteiger partial charge in [0.05, 0.1) is 27.0 Å². The summed E-state index contributed by atoms with van der Waals surface area (Å²) in [6.07, 6.45) is -0.639. The summed E-state index contributed by atoms with van der Waals surface area (Å²) in [7, 11) is -10.8. The average molecular weight is 581 g/mol. The van der Waals surface area contributed by atoms with Gasteiger partial charge in [-0.05, 0) is 47.5 Å². The Morgan fingerprint density at radius 2 is 1.42 bits per heavy atom. The number of fused-ring (bicyclic) bond motifs is 3. The van der Waals surface area contributed by atoms with Crippen molar-refractivity contribution in [3.05, 3.63) is 71.8 Å². The molecule has 0 bridgehead atoms. The minimum Gasteiger partial charge on any atom is -0.483 e. The fourth-order valence-corrected chi connectivity index (χ4v) is 13.1. The third-order valence-electron chi connectivity index (χ3n) is 6.45. The number of hydrogen-bond acceptors (Lipinski definition) is 9. The summed E-state index contributed by atoms with van der Waals surface area (Å²) in [5, 5.41) is -0.0976. The zero-order chi connectivity index (χ0) is 25.3. The molecule has 0 radical (unpaired) electrons. The van der Waals surface area contributed by atoms with Crippen LogP contribution in [0.4, 0.5) is 0 Å². The number of sulfone groups is 3. The molecule has 0 fully saturated rings. The Morgan fingerprint density at radius 1 is 0.694 bits per heavy atom. The van der Waals surface area contributed by atoms with Crippen LogP contribution in [0.25, 0.3) is 0 Å². The van der Waals surface area contributed by atoms with E-state index in [4.69, 9.17) is 4.74 Å². The van der Waals surface area contributed by atoms with E-state index in [1.165, 1.54) is 12.1 Å². The Balaban J connectivity index is 1.32. The Labute approximate surface area is 218 Å². The molecule has 0 aliphatic carbocycles. The van der Waals surface area contributed by atoms with E-state index in [9.17, 15) is 25.3 Å². The van der Waals surface area contributed by atoms with Crippen molar-refractivity contribution in [3.8, 4) is 5.75 Å². The Kier molecular flexibility index (Phi) is 5.76. The van der Waals surface area contributed by atoms with Crippen LogP contribution in [-0.2, 0) is 29.5 Å². The number of thioether (sulfide) groups is 2. The fourth-order valence-electron chi connectivity index (χ4n) is 4.56. The summed E-state index contributed by atoms with van der Waals surface area (Å²) in [6.45, 7) is 0. The van der Waals surface area contributed by atoms with Crippen LogP contribution < -0.4 is 4.74 Å². The quantitative estimate of drug-likeness (QED) is 0.442. The SMILES string of the molecule is O=S1(=O)CC(c2ccc3c(c2)SC(c2ccc4c(c2)S(=O)(=O)CCS4(=O)=O)CS3)Oc2ccccc21. The Hall–Kier alpha value is -1.99. The van der Waals surface area contributed by atoms with Gasteiger partial charge in [0.15, 0.2) is 29.5 Å². The molecule has 3 heterocycles. The molecular formula is C24H20O7S5. The van der Waals surface area contributed by atoms with Crippen molar-refractivity contribution in [1.29, 1.82) is 0 Å². The van der Waals surface area contributed by atoms with E-state index < -0.39 is 47.1 Å². The van der Waals surface area contributed by atoms with Gasteiger partial charge in [-0.2, -0.15) is 0 Å². The maximum absolute atomic E-state index is 12.8. The van der Waals surface area contributed by atoms with Crippen LogP contribution in [0.5, 0.6) is 5.75 Å². The highest BCUT2D eigenvalue weighted by Crippen LogP contribution is 2.50. The van der Waals surface area contributed by atoms with E-state index in [0.29, 0.717) is 11.5 Å². The van der Waals surface area contributed by atoms with Gasteiger partial charge < -0.3 is 4.74 Å². The maximum Gasteiger partial charge on any atom is 0.186 e. The molecule has 36 heavy (non-hydrogen) atoms. The highest BCUT2D eigenvalue weighted by Gasteiger charge is 2.36. The molecule has 0 saturated heterocycles. The van der Waals surface area contributed by atoms with E-state index in [1.54, 1.807) is 53.9 Å². The first-order chi connectivity index (χ1) is 17.0. The van der Waals surface area contributed by atoms with Gasteiger partial charge in [0.1, 0.15) is 16.7 Å². The average Bonchev–Trinajstić information content (AvgIpc) is 2.85. The van der Waals surface area contributed by atoms with Crippen molar-refractivity contribution in [3.63, 3.8) is 0 Å². The van der Waals surface area contributed by atoms with Crippen LogP contribution >= 0.6 is 23.5 Å². The van der Waals surface area contributed by atoms with Crippen LogP contribution in [0.2, 0.25) is 0 Å². The maximum atomic E-state index is 12.8. The summed E-state index contributed by atoms with van der Waals surface area (Å²) in [5.41, 5.74) is 1.49. The number of benzene rings is 3. The lowest BCUT2D eigenvalue weighted by Crippen LogP contribution is -2.26. The van der Waals surface area contributed by atoms with Gasteiger partial charge >= 0.3 is 0 Å². The van der Waals surface area contributed by atoms with E-state index >= 15 is 0 Å². The lowest BCUT2D eigenvalue weighted by atomic mass is 10.1. The molecule has 3 aliphatic rings. The molecule has 0 spiro atoms. The van der Waals surface area contributed by atoms with Crippen LogP contribution in [0.1, 0.15) is 22.5 Å². The Morgan fingerprint density at radius 3 is 2.22 bits per heavy atom. The number of para-hydroxylation sites is 1. The van der Waals surface area contributed by atoms with Gasteiger partial charge in [-0.15, -0.1) is 23.5 Å². The largest absolute Gasteiger partial charge is 0.483 e. The first-order valence-corrected chi connectivity index (χ1v) is 17.9. The molecule has 0 aromatic heterocycles. The fraction of sp³-hybridized carbons (Fsp3) is 0.250. The summed E-state index contributed by atoms with van der Waals surface area (Å²) in [5.74, 6) is 0.0789. The van der Waals surface area contributed by atoms with Crippen LogP contribution in [0.3, 0.4) is 0 Å². The van der Waals surface area contributed by atoms with E-state index in [-0.39, 0.29) is 25.7 Å². The number of ether oxygens (including phenoxy) is 1. The molecule has 12 heteroatoms. The van der Waals surface area contributed by atoms with E-state index in [2.05, 4.69) is 0 Å². The monoisotopic (exact) mass is 580 g/mol. The molecule has 0 amide bonds. The minimum absolute atomic E-state index is 0.0976. The van der Waals surface area contributed by atoms with Crippen LogP contribution in [0.15, 0.2) is 85.1 Å². The van der Waals surface area contributed by atoms with Gasteiger partial charge in [-0.1, -0.05) is 24.3 Å². The molecule has 3 aliphatic heterocycles. The van der Waals surface area contributed by atoms with Crippen molar-refractivity contribution >= 4 is 53.0 Å². The molecule has 2 atom stereocenters. The van der Waals surface area contributed by atoms with E-state index in [1.807, 2.05) is 18.2 Å². The second-order valence-corrected chi connectivity index (χ2v) is 17.3. The Bertz CT molecular complexity index is 1730. The van der Waals surface area contributed by atoms with Gasteiger partial charge in [-0.25, -0.2) is 25.3 Å². The molecule has 3 aromatic rings. The third kappa shape index (κ3) is 4.16. The predicted octanol–water partition coefficient (Wildman–Crippen LogP) is 4.09. The van der Waals surface area contributed by atoms with Gasteiger partial charge in [0.2, 0.25) is 0 Å². The van der Waals surface area contributed by atoms with Crippen molar-refractivity contribution in [2.45, 2.75) is 35.8 Å². The normalized spacial score (nSPS) is 25.0. The first-order valence-electron chi connectivity index (χ1n) is 11.0. The zero-order valence-electron chi connectivity index (χ0n) is 18.7. The van der Waals surface area contributed by atoms with Crippen LogP contribution in [-0.4, -0.2) is 48.3 Å². The molecule has 0 saturated carbocycles. The van der Waals surface area contributed by atoms with Gasteiger partial charge in [0, 0.05) is 20.8 Å². The number of hydrogen-bond donors (Lipinski definition) is 0. The first kappa shape index (κ1) is 24.4. The molecule has 0 N–H and O–H groups in total. The lowest BCUT2D eigenvalue weighted by molar-refractivity contribution is 0.214. The summed E-state index contributed by atoms with van der Waals surface area (Å²) in [4.78, 5) is 1.96. The summed E-state index contributed by atoms with van der Waals surface area (Å²) >= 11 is 3.18. The standard InChI is InChI=1S/C24H20O7S5/c25-34(26)9-10-35(27,28)24-12-16(6-8-23(24)34)21-13-32-19-7-5-15(11-20(19)33-21)18-14-36(29,30)22-4-2-1-3-17(22)31-18/h1-8,11-12,18,21H,9-10,13-14H2. The van der Waals surface area contributed by atoms with Gasteiger partial charge in [-0.3, -0.25) is 0 Å². The highest BCUT2D eigenvalue weighted by molar-refractivity contribution is 8.05. The van der Waals surface area contributed by atoms with Crippen molar-refractivity contribution in [2.75, 3.05) is 23.0 Å². The zero-order valence-corrected chi connectivity index (χ0v) is 22.7. The molecule has 6 rings (SSSR count). The second kappa shape index (κ2) is 8.52. The van der Waals surface area contributed by atoms with Crippen molar-refractivity contribution < 1.29 is 30.0 Å². The number of rotatable bonds is 2. The molecule has 188 valence electrons. The highest BCUT2D eigenvalue weighted by atomic mass is 32.2. The van der Waals surface area contributed by atoms with Crippen molar-refractivity contribution in [1.82, 2.24) is 0 Å². The second-order valence-electron chi connectivity index (χ2n) is 8.80. The third-order valence-corrected chi connectivity index (χ3v) is 14.9. The van der Waals surface area contributed by atoms with Crippen molar-refractivity contribution in [2.24, 2.45) is 0 Å². The minimum atomic E-state index is -3.66. The summed E-state index contributed by atoms with van der Waals surface area (Å²) in [6, 6.07) is 17.0. The lowest BCUT2D eigenvalue weighted by Gasteiger charge is -2.29. The molecular weight excluding hydrogens is 561 g/mol. The van der Waals surface area contributed by atoms with Gasteiger partial charge in [0.25, 0.3) is 0 Å². The van der Waals surface area contributed by atoms with E-state index in [0.717, 1.165) is 20.9 Å². The van der Waals surface area contributed by atoms with Crippen LogP contribution in [0, 0.1) is 0 Å².